The predicted octanol–water partition coefficient (Wildman–Crippen LogP) is 1.73. The fraction of sp³-hybridized carbons (Fsp3) is 0.700. The van der Waals surface area contributed by atoms with Gasteiger partial charge in [-0.1, -0.05) is 30.0 Å². The number of carbonyl (C=O) groups excluding carboxylic acids is 1. The molecule has 2 N–H and O–H groups in total. The molecule has 1 heterocycles. The van der Waals surface area contributed by atoms with Crippen LogP contribution in [-0.2, 0) is 4.79 Å². The zero-order chi connectivity index (χ0) is 12.1. The van der Waals surface area contributed by atoms with Crippen molar-refractivity contribution in [2.75, 3.05) is 17.6 Å². The van der Waals surface area contributed by atoms with Gasteiger partial charge in [0.2, 0.25) is 11.0 Å². The molecule has 0 aliphatic heterocycles. The van der Waals surface area contributed by atoms with Crippen molar-refractivity contribution in [2.24, 2.45) is 0 Å². The summed E-state index contributed by atoms with van der Waals surface area (Å²) < 4.78 is 0.847. The van der Waals surface area contributed by atoms with Gasteiger partial charge in [-0.25, -0.2) is 0 Å². The maximum atomic E-state index is 11.4. The first-order valence-electron chi connectivity index (χ1n) is 5.77. The number of rotatable bonds is 7. The average Bonchev–Trinajstić information content (AvgIpc) is 3.02. The number of hydrogen-bond donors (Lipinski definition) is 2. The lowest BCUT2D eigenvalue weighted by Gasteiger charge is -2.00. The number of carbonyl (C=O) groups is 1. The number of aromatic nitrogens is 2. The number of hydrogen-bond acceptors (Lipinski definition) is 6. The van der Waals surface area contributed by atoms with Crippen molar-refractivity contribution in [2.45, 2.75) is 36.6 Å². The van der Waals surface area contributed by atoms with E-state index in [0.29, 0.717) is 11.8 Å². The number of nitrogens with one attached hydrogen (secondary N) is 2. The van der Waals surface area contributed by atoms with Crippen molar-refractivity contribution in [1.82, 2.24) is 15.5 Å². The minimum Gasteiger partial charge on any atom is -0.357 e. The van der Waals surface area contributed by atoms with Gasteiger partial charge >= 0.3 is 0 Å². The highest BCUT2D eigenvalue weighted by molar-refractivity contribution is 8.01. The second-order valence-corrected chi connectivity index (χ2v) is 6.13. The normalized spacial score (nSPS) is 14.6. The van der Waals surface area contributed by atoms with E-state index in [0.717, 1.165) is 22.4 Å². The second-order valence-electron chi connectivity index (χ2n) is 3.93. The predicted molar refractivity (Wildman–Crippen MR) is 70.6 cm³/mol. The standard InChI is InChI=1S/C10H16N4OS2/c1-2-5-11-8(15)6-16-10-14-13-9(17-10)12-7-3-4-7/h7H,2-6H2,1H3,(H,11,15)(H,12,13). The molecule has 0 bridgehead atoms. The largest absolute Gasteiger partial charge is 0.357 e. The number of thioether (sulfide) groups is 1. The summed E-state index contributed by atoms with van der Waals surface area (Å²) in [6.45, 7) is 2.78. The van der Waals surface area contributed by atoms with E-state index in [1.165, 1.54) is 35.9 Å². The van der Waals surface area contributed by atoms with Gasteiger partial charge in [0, 0.05) is 12.6 Å². The lowest BCUT2D eigenvalue weighted by Crippen LogP contribution is -2.25. The zero-order valence-electron chi connectivity index (χ0n) is 9.73. The van der Waals surface area contributed by atoms with Crippen molar-refractivity contribution >= 4 is 34.1 Å². The van der Waals surface area contributed by atoms with Crippen LogP contribution in [0.25, 0.3) is 0 Å². The molecule has 1 fully saturated rings. The third kappa shape index (κ3) is 4.51. The lowest BCUT2D eigenvalue weighted by atomic mass is 10.5. The molecule has 0 saturated heterocycles. The summed E-state index contributed by atoms with van der Waals surface area (Å²) in [6, 6.07) is 0.591. The molecule has 2 rings (SSSR count). The van der Waals surface area contributed by atoms with E-state index in [1.807, 2.05) is 6.92 Å². The number of amides is 1. The van der Waals surface area contributed by atoms with E-state index < -0.39 is 0 Å². The van der Waals surface area contributed by atoms with E-state index in [4.69, 9.17) is 0 Å². The van der Waals surface area contributed by atoms with Crippen LogP contribution in [0.1, 0.15) is 26.2 Å². The highest BCUT2D eigenvalue weighted by Gasteiger charge is 2.22. The molecule has 1 amide bonds. The maximum absolute atomic E-state index is 11.4. The van der Waals surface area contributed by atoms with Crippen molar-refractivity contribution in [3.05, 3.63) is 0 Å². The van der Waals surface area contributed by atoms with Crippen LogP contribution in [0.4, 0.5) is 5.13 Å². The summed E-state index contributed by atoms with van der Waals surface area (Å²) >= 11 is 2.96. The van der Waals surface area contributed by atoms with Crippen LogP contribution in [-0.4, -0.2) is 34.4 Å². The van der Waals surface area contributed by atoms with Gasteiger partial charge in [0.1, 0.15) is 0 Å². The van der Waals surface area contributed by atoms with Crippen LogP contribution >= 0.6 is 23.1 Å². The Labute approximate surface area is 109 Å². The smallest absolute Gasteiger partial charge is 0.230 e. The van der Waals surface area contributed by atoms with Crippen LogP contribution in [0, 0.1) is 0 Å². The summed E-state index contributed by atoms with van der Waals surface area (Å²) in [5.41, 5.74) is 0. The van der Waals surface area contributed by atoms with Crippen LogP contribution in [0.5, 0.6) is 0 Å². The molecule has 5 nitrogen and oxygen atoms in total. The van der Waals surface area contributed by atoms with Gasteiger partial charge in [0.05, 0.1) is 5.75 Å². The van der Waals surface area contributed by atoms with E-state index >= 15 is 0 Å². The summed E-state index contributed by atoms with van der Waals surface area (Å²) in [4.78, 5) is 11.4. The molecule has 1 saturated carbocycles. The molecular weight excluding hydrogens is 256 g/mol. The minimum atomic E-state index is 0.0590. The van der Waals surface area contributed by atoms with Gasteiger partial charge in [-0.2, -0.15) is 0 Å². The monoisotopic (exact) mass is 272 g/mol. The van der Waals surface area contributed by atoms with Crippen molar-refractivity contribution in [3.63, 3.8) is 0 Å². The molecule has 17 heavy (non-hydrogen) atoms. The Hall–Kier alpha value is -0.820. The van der Waals surface area contributed by atoms with Crippen molar-refractivity contribution in [3.8, 4) is 0 Å². The fourth-order valence-electron chi connectivity index (χ4n) is 1.17. The van der Waals surface area contributed by atoms with E-state index in [2.05, 4.69) is 20.8 Å². The highest BCUT2D eigenvalue weighted by atomic mass is 32.2. The first-order chi connectivity index (χ1) is 8.28. The Balaban J connectivity index is 1.70. The van der Waals surface area contributed by atoms with E-state index in [-0.39, 0.29) is 5.91 Å². The maximum Gasteiger partial charge on any atom is 0.230 e. The summed E-state index contributed by atoms with van der Waals surface area (Å²) in [5, 5.41) is 15.1. The molecule has 0 atom stereocenters. The molecular formula is C10H16N4OS2. The topological polar surface area (TPSA) is 66.9 Å². The van der Waals surface area contributed by atoms with E-state index in [9.17, 15) is 4.79 Å². The molecule has 0 unspecified atom stereocenters. The summed E-state index contributed by atoms with van der Waals surface area (Å²) in [6.07, 6.45) is 3.41. The second kappa shape index (κ2) is 6.20. The third-order valence-corrected chi connectivity index (χ3v) is 4.20. The average molecular weight is 272 g/mol. The van der Waals surface area contributed by atoms with Crippen molar-refractivity contribution < 1.29 is 4.79 Å². The summed E-state index contributed by atoms with van der Waals surface area (Å²) in [5.74, 6) is 0.474. The molecule has 0 radical (unpaired) electrons. The Kier molecular flexibility index (Phi) is 4.61. The lowest BCUT2D eigenvalue weighted by molar-refractivity contribution is -0.118. The van der Waals surface area contributed by atoms with Crippen LogP contribution in [0.3, 0.4) is 0 Å². The first-order valence-corrected chi connectivity index (χ1v) is 7.57. The first kappa shape index (κ1) is 12.6. The molecule has 7 heteroatoms. The van der Waals surface area contributed by atoms with Crippen LogP contribution in [0.2, 0.25) is 0 Å². The number of anilines is 1. The molecule has 1 aromatic rings. The van der Waals surface area contributed by atoms with Crippen LogP contribution < -0.4 is 10.6 Å². The fourth-order valence-corrected chi connectivity index (χ4v) is 2.83. The Morgan fingerprint density at radius 3 is 3.06 bits per heavy atom. The molecule has 0 aromatic carbocycles. The van der Waals surface area contributed by atoms with Gasteiger partial charge < -0.3 is 10.6 Å². The zero-order valence-corrected chi connectivity index (χ0v) is 11.4. The van der Waals surface area contributed by atoms with Gasteiger partial charge in [-0.15, -0.1) is 10.2 Å². The van der Waals surface area contributed by atoms with Gasteiger partial charge in [0.15, 0.2) is 4.34 Å². The molecule has 1 aromatic heterocycles. The Bertz CT molecular complexity index is 378. The Morgan fingerprint density at radius 1 is 1.53 bits per heavy atom. The Morgan fingerprint density at radius 2 is 2.35 bits per heavy atom. The van der Waals surface area contributed by atoms with Crippen molar-refractivity contribution in [1.29, 1.82) is 0 Å². The molecule has 94 valence electrons. The quantitative estimate of drug-likeness (QED) is 0.740. The van der Waals surface area contributed by atoms with Crippen LogP contribution in [0.15, 0.2) is 4.34 Å². The SMILES string of the molecule is CCCNC(=O)CSc1nnc(NC2CC2)s1. The number of nitrogens with zero attached hydrogens (tertiary/aromatic N) is 2. The molecule has 1 aliphatic carbocycles. The third-order valence-electron chi connectivity index (χ3n) is 2.21. The van der Waals surface area contributed by atoms with Gasteiger partial charge in [-0.3, -0.25) is 4.79 Å². The van der Waals surface area contributed by atoms with E-state index in [1.54, 1.807) is 0 Å². The van der Waals surface area contributed by atoms with Gasteiger partial charge in [-0.05, 0) is 19.3 Å². The highest BCUT2D eigenvalue weighted by Crippen LogP contribution is 2.29. The summed E-state index contributed by atoms with van der Waals surface area (Å²) in [7, 11) is 0. The molecule has 0 spiro atoms. The minimum absolute atomic E-state index is 0.0590. The van der Waals surface area contributed by atoms with Gasteiger partial charge in [0.25, 0.3) is 0 Å². The molecule has 1 aliphatic rings.